The molecule has 0 saturated carbocycles. The van der Waals surface area contributed by atoms with Crippen LogP contribution >= 0.6 is 27.5 Å². The Kier molecular flexibility index (Phi) is 4.87. The summed E-state index contributed by atoms with van der Waals surface area (Å²) in [5.74, 6) is -1.50. The van der Waals surface area contributed by atoms with E-state index >= 15 is 0 Å². The van der Waals surface area contributed by atoms with Gasteiger partial charge in [-0.1, -0.05) is 11.6 Å². The maximum atomic E-state index is 14.4. The van der Waals surface area contributed by atoms with Gasteiger partial charge in [0.05, 0.1) is 35.1 Å². The Labute approximate surface area is 139 Å². The Morgan fingerprint density at radius 2 is 2.09 bits per heavy atom. The van der Waals surface area contributed by atoms with E-state index in [1.54, 1.807) is 0 Å². The van der Waals surface area contributed by atoms with E-state index in [1.165, 1.54) is 32.4 Å². The number of anilines is 1. The molecule has 0 aliphatic heterocycles. The number of hydrogen-bond donors (Lipinski definition) is 1. The Bertz CT molecular complexity index is 755. The number of hydrogen-bond acceptors (Lipinski definition) is 5. The number of nitrogens with zero attached hydrogens (tertiary/aromatic N) is 1. The molecule has 1 heterocycles. The molecule has 0 fully saturated rings. The second-order valence-corrected chi connectivity index (χ2v) is 5.39. The number of methoxy groups -OCH3 is 2. The highest BCUT2D eigenvalue weighted by molar-refractivity contribution is 9.10. The molecule has 0 aliphatic rings. The largest absolute Gasteiger partial charge is 0.492 e. The maximum absolute atomic E-state index is 14.4. The van der Waals surface area contributed by atoms with Gasteiger partial charge in [-0.3, -0.25) is 0 Å². The van der Waals surface area contributed by atoms with Crippen molar-refractivity contribution in [2.45, 2.75) is 0 Å². The summed E-state index contributed by atoms with van der Waals surface area (Å²) in [6.07, 6.45) is 0. The molecule has 0 radical (unpaired) electrons. The van der Waals surface area contributed by atoms with E-state index in [-0.39, 0.29) is 37.9 Å². The highest BCUT2D eigenvalue weighted by atomic mass is 79.9. The molecule has 5 nitrogen and oxygen atoms in total. The standard InChI is InChI=1S/C14H11BrClFN2O3/c1-21-13-7(16)4-3-6(11(13)17)9-5-8(18)10(15)12(19-9)14(20)22-2/h3-5H,1-2H3,(H2,18,19). The number of esters is 1. The average molecular weight is 390 g/mol. The minimum atomic E-state index is -0.694. The summed E-state index contributed by atoms with van der Waals surface area (Å²) < 4.78 is 24.3. The molecule has 0 saturated heterocycles. The Morgan fingerprint density at radius 1 is 1.41 bits per heavy atom. The summed E-state index contributed by atoms with van der Waals surface area (Å²) >= 11 is 9.02. The lowest BCUT2D eigenvalue weighted by Gasteiger charge is -2.11. The molecule has 2 N–H and O–H groups in total. The van der Waals surface area contributed by atoms with Gasteiger partial charge in [0, 0.05) is 5.56 Å². The van der Waals surface area contributed by atoms with E-state index in [0.29, 0.717) is 0 Å². The van der Waals surface area contributed by atoms with Crippen molar-refractivity contribution in [3.63, 3.8) is 0 Å². The molecule has 2 rings (SSSR count). The number of benzene rings is 1. The second kappa shape index (κ2) is 6.50. The van der Waals surface area contributed by atoms with E-state index in [4.69, 9.17) is 22.1 Å². The third-order valence-corrected chi connectivity index (χ3v) is 4.02. The van der Waals surface area contributed by atoms with Crippen molar-refractivity contribution in [1.29, 1.82) is 0 Å². The fraction of sp³-hybridized carbons (Fsp3) is 0.143. The number of ether oxygens (including phenoxy) is 2. The molecule has 22 heavy (non-hydrogen) atoms. The molecule has 0 spiro atoms. The zero-order valence-corrected chi connectivity index (χ0v) is 14.0. The summed E-state index contributed by atoms with van der Waals surface area (Å²) in [6.45, 7) is 0. The topological polar surface area (TPSA) is 74.4 Å². The number of carbonyl (C=O) groups excluding carboxylic acids is 1. The van der Waals surface area contributed by atoms with Gasteiger partial charge >= 0.3 is 5.97 Å². The van der Waals surface area contributed by atoms with Crippen LogP contribution in [0.25, 0.3) is 11.3 Å². The van der Waals surface area contributed by atoms with E-state index in [2.05, 4.69) is 25.7 Å². The predicted octanol–water partition coefficient (Wildman–Crippen LogP) is 3.68. The molecule has 1 aromatic carbocycles. The van der Waals surface area contributed by atoms with E-state index in [9.17, 15) is 9.18 Å². The molecule has 1 aromatic heterocycles. The summed E-state index contributed by atoms with van der Waals surface area (Å²) in [6, 6.07) is 4.33. The van der Waals surface area contributed by atoms with Crippen LogP contribution in [0.4, 0.5) is 10.1 Å². The summed E-state index contributed by atoms with van der Waals surface area (Å²) in [5, 5.41) is 0.127. The van der Waals surface area contributed by atoms with Gasteiger partial charge in [-0.05, 0) is 34.1 Å². The molecule has 0 amide bonds. The number of carbonyl (C=O) groups is 1. The number of nitrogen functional groups attached to an aromatic ring is 1. The Balaban J connectivity index is 2.69. The highest BCUT2D eigenvalue weighted by Crippen LogP contribution is 2.36. The second-order valence-electron chi connectivity index (χ2n) is 4.19. The van der Waals surface area contributed by atoms with Gasteiger partial charge in [0.15, 0.2) is 17.3 Å². The van der Waals surface area contributed by atoms with Crippen molar-refractivity contribution in [2.24, 2.45) is 0 Å². The van der Waals surface area contributed by atoms with Crippen molar-refractivity contribution in [2.75, 3.05) is 20.0 Å². The van der Waals surface area contributed by atoms with Gasteiger partial charge in [0.2, 0.25) is 0 Å². The van der Waals surface area contributed by atoms with E-state index < -0.39 is 11.8 Å². The summed E-state index contributed by atoms with van der Waals surface area (Å²) in [7, 11) is 2.52. The lowest BCUT2D eigenvalue weighted by Crippen LogP contribution is -2.08. The van der Waals surface area contributed by atoms with Crippen molar-refractivity contribution in [3.8, 4) is 17.0 Å². The van der Waals surface area contributed by atoms with Gasteiger partial charge in [-0.15, -0.1) is 0 Å². The van der Waals surface area contributed by atoms with Crippen molar-refractivity contribution in [1.82, 2.24) is 4.98 Å². The molecule has 0 unspecified atom stereocenters. The molecule has 0 bridgehead atoms. The minimum absolute atomic E-state index is 0.0502. The van der Waals surface area contributed by atoms with Crippen molar-refractivity contribution < 1.29 is 18.7 Å². The SMILES string of the molecule is COC(=O)c1nc(-c2ccc(Cl)c(OC)c2F)cc(N)c1Br. The van der Waals surface area contributed by atoms with Gasteiger partial charge in [0.25, 0.3) is 0 Å². The molecular formula is C14H11BrClFN2O3. The number of aromatic nitrogens is 1. The van der Waals surface area contributed by atoms with Crippen LogP contribution in [0.3, 0.4) is 0 Å². The molecule has 0 atom stereocenters. The number of nitrogens with two attached hydrogens (primary N) is 1. The quantitative estimate of drug-likeness (QED) is 0.811. The van der Waals surface area contributed by atoms with Gasteiger partial charge in [0.1, 0.15) is 0 Å². The van der Waals surface area contributed by atoms with Crippen LogP contribution in [0.1, 0.15) is 10.5 Å². The zero-order valence-electron chi connectivity index (χ0n) is 11.6. The third-order valence-electron chi connectivity index (χ3n) is 2.89. The van der Waals surface area contributed by atoms with Crippen LogP contribution in [0, 0.1) is 5.82 Å². The van der Waals surface area contributed by atoms with Crippen LogP contribution < -0.4 is 10.5 Å². The van der Waals surface area contributed by atoms with E-state index in [0.717, 1.165) is 0 Å². The van der Waals surface area contributed by atoms with Gasteiger partial charge in [-0.25, -0.2) is 14.2 Å². The fourth-order valence-corrected chi connectivity index (χ4v) is 2.42. The van der Waals surface area contributed by atoms with Crippen LogP contribution in [0.15, 0.2) is 22.7 Å². The number of halogens is 3. The number of rotatable bonds is 3. The Hall–Kier alpha value is -1.86. The molecule has 8 heteroatoms. The smallest absolute Gasteiger partial charge is 0.357 e. The minimum Gasteiger partial charge on any atom is -0.492 e. The monoisotopic (exact) mass is 388 g/mol. The van der Waals surface area contributed by atoms with Crippen molar-refractivity contribution >= 4 is 39.2 Å². The first-order valence-electron chi connectivity index (χ1n) is 5.97. The predicted molar refractivity (Wildman–Crippen MR) is 84.6 cm³/mol. The first-order valence-corrected chi connectivity index (χ1v) is 7.14. The highest BCUT2D eigenvalue weighted by Gasteiger charge is 2.20. The lowest BCUT2D eigenvalue weighted by atomic mass is 10.1. The average Bonchev–Trinajstić information content (AvgIpc) is 2.50. The fourth-order valence-electron chi connectivity index (χ4n) is 1.84. The van der Waals surface area contributed by atoms with Crippen LogP contribution in [-0.4, -0.2) is 25.2 Å². The lowest BCUT2D eigenvalue weighted by molar-refractivity contribution is 0.0593. The first-order chi connectivity index (χ1) is 10.4. The molecule has 0 aliphatic carbocycles. The van der Waals surface area contributed by atoms with Crippen LogP contribution in [0.5, 0.6) is 5.75 Å². The normalized spacial score (nSPS) is 10.4. The van der Waals surface area contributed by atoms with Crippen LogP contribution in [-0.2, 0) is 4.74 Å². The Morgan fingerprint density at radius 3 is 2.68 bits per heavy atom. The molecule has 116 valence electrons. The summed E-state index contributed by atoms with van der Waals surface area (Å²) in [4.78, 5) is 15.8. The maximum Gasteiger partial charge on any atom is 0.357 e. The summed E-state index contributed by atoms with van der Waals surface area (Å²) in [5.41, 5.74) is 6.26. The van der Waals surface area contributed by atoms with E-state index in [1.807, 2.05) is 0 Å². The van der Waals surface area contributed by atoms with Gasteiger partial charge in [-0.2, -0.15) is 0 Å². The van der Waals surface area contributed by atoms with Crippen LogP contribution in [0.2, 0.25) is 5.02 Å². The molecule has 2 aromatic rings. The third kappa shape index (κ3) is 2.86. The first kappa shape index (κ1) is 16.5. The number of pyridine rings is 1. The van der Waals surface area contributed by atoms with Gasteiger partial charge < -0.3 is 15.2 Å². The molecular weight excluding hydrogens is 379 g/mol. The van der Waals surface area contributed by atoms with Crippen molar-refractivity contribution in [3.05, 3.63) is 39.2 Å². The zero-order chi connectivity index (χ0) is 16.4.